The second-order valence-electron chi connectivity index (χ2n) is 6.97. The summed E-state index contributed by atoms with van der Waals surface area (Å²) in [6.07, 6.45) is 7.48. The van der Waals surface area contributed by atoms with Gasteiger partial charge in [0.15, 0.2) is 0 Å². The highest BCUT2D eigenvalue weighted by molar-refractivity contribution is 5.74. The zero-order chi connectivity index (χ0) is 13.5. The number of hydrogen-bond acceptors (Lipinski definition) is 1. The first-order valence-electron chi connectivity index (χ1n) is 7.63. The van der Waals surface area contributed by atoms with Crippen LogP contribution in [0.15, 0.2) is 24.3 Å². The number of allylic oxidation sites excluding steroid dienone is 1. The van der Waals surface area contributed by atoms with Crippen molar-refractivity contribution in [2.75, 3.05) is 6.54 Å². The van der Waals surface area contributed by atoms with Crippen LogP contribution in [0.4, 0.5) is 0 Å². The van der Waals surface area contributed by atoms with E-state index < -0.39 is 0 Å². The Labute approximate surface area is 117 Å². The molecule has 0 spiro atoms. The summed E-state index contributed by atoms with van der Waals surface area (Å²) >= 11 is 0. The van der Waals surface area contributed by atoms with Crippen LogP contribution in [0.1, 0.15) is 56.7 Å². The Kier molecular flexibility index (Phi) is 3.26. The van der Waals surface area contributed by atoms with Crippen LogP contribution in [0.5, 0.6) is 0 Å². The second kappa shape index (κ2) is 4.79. The van der Waals surface area contributed by atoms with Crippen molar-refractivity contribution < 1.29 is 0 Å². The molecule has 1 fully saturated rings. The zero-order valence-corrected chi connectivity index (χ0v) is 12.4. The largest absolute Gasteiger partial charge is 0.310 e. The molecule has 0 aromatic heterocycles. The lowest BCUT2D eigenvalue weighted by atomic mass is 9.80. The van der Waals surface area contributed by atoms with Crippen LogP contribution in [0, 0.1) is 0 Å². The van der Waals surface area contributed by atoms with Crippen molar-refractivity contribution in [1.82, 2.24) is 5.32 Å². The molecular formula is C18H25N. The third kappa shape index (κ3) is 2.49. The minimum absolute atomic E-state index is 0.252. The van der Waals surface area contributed by atoms with E-state index in [2.05, 4.69) is 50.4 Å². The average Bonchev–Trinajstić information content (AvgIpc) is 2.90. The van der Waals surface area contributed by atoms with Crippen molar-refractivity contribution in [3.05, 3.63) is 41.0 Å². The van der Waals surface area contributed by atoms with Gasteiger partial charge in [0.2, 0.25) is 0 Å². The highest BCUT2D eigenvalue weighted by atomic mass is 14.9. The van der Waals surface area contributed by atoms with E-state index in [4.69, 9.17) is 0 Å². The summed E-state index contributed by atoms with van der Waals surface area (Å²) in [6.45, 7) is 8.07. The van der Waals surface area contributed by atoms with Gasteiger partial charge in [0.05, 0.1) is 0 Å². The predicted molar refractivity (Wildman–Crippen MR) is 82.5 cm³/mol. The van der Waals surface area contributed by atoms with Gasteiger partial charge in [-0.1, -0.05) is 45.0 Å². The average molecular weight is 255 g/mol. The standard InChI is InChI=1S/C18H25N/c1-18(2,3)14-9-10-15-13(12-14)6-4-7-16(15)17-8-5-11-19-17/h7,9-10,12,17,19H,4-6,8,11H2,1-3H3. The van der Waals surface area contributed by atoms with Gasteiger partial charge in [-0.3, -0.25) is 0 Å². The SMILES string of the molecule is CC(C)(C)c1ccc2c(c1)CCC=C2C1CCCN1. The molecule has 3 rings (SSSR count). The molecule has 0 bridgehead atoms. The lowest BCUT2D eigenvalue weighted by Gasteiger charge is -2.26. The number of fused-ring (bicyclic) bond motifs is 1. The maximum absolute atomic E-state index is 3.64. The summed E-state index contributed by atoms with van der Waals surface area (Å²) < 4.78 is 0. The Balaban J connectivity index is 1.97. The Morgan fingerprint density at radius 2 is 2.05 bits per heavy atom. The number of nitrogens with one attached hydrogen (secondary N) is 1. The Morgan fingerprint density at radius 3 is 2.74 bits per heavy atom. The van der Waals surface area contributed by atoms with Crippen molar-refractivity contribution in [3.63, 3.8) is 0 Å². The molecule has 0 radical (unpaired) electrons. The van der Waals surface area contributed by atoms with E-state index in [1.807, 2.05) is 0 Å². The van der Waals surface area contributed by atoms with E-state index in [-0.39, 0.29) is 5.41 Å². The van der Waals surface area contributed by atoms with E-state index in [1.165, 1.54) is 43.4 Å². The summed E-state index contributed by atoms with van der Waals surface area (Å²) in [5.41, 5.74) is 6.32. The van der Waals surface area contributed by atoms with Crippen LogP contribution < -0.4 is 5.32 Å². The summed E-state index contributed by atoms with van der Waals surface area (Å²) in [5.74, 6) is 0. The van der Waals surface area contributed by atoms with Crippen LogP contribution in [0.25, 0.3) is 5.57 Å². The molecule has 1 atom stereocenters. The highest BCUT2D eigenvalue weighted by Crippen LogP contribution is 2.34. The van der Waals surface area contributed by atoms with Crippen LogP contribution in [-0.4, -0.2) is 12.6 Å². The summed E-state index contributed by atoms with van der Waals surface area (Å²) in [7, 11) is 0. The fraction of sp³-hybridized carbons (Fsp3) is 0.556. The monoisotopic (exact) mass is 255 g/mol. The number of hydrogen-bond donors (Lipinski definition) is 1. The molecule has 1 aromatic rings. The van der Waals surface area contributed by atoms with E-state index in [0.717, 1.165) is 0 Å². The van der Waals surface area contributed by atoms with Crippen LogP contribution in [0.3, 0.4) is 0 Å². The normalized spacial score (nSPS) is 23.1. The topological polar surface area (TPSA) is 12.0 Å². The molecule has 1 aliphatic carbocycles. The lowest BCUT2D eigenvalue weighted by molar-refractivity contribution is 0.589. The van der Waals surface area contributed by atoms with Crippen molar-refractivity contribution in [1.29, 1.82) is 0 Å². The quantitative estimate of drug-likeness (QED) is 0.798. The minimum Gasteiger partial charge on any atom is -0.310 e. The first-order chi connectivity index (χ1) is 9.05. The molecule has 2 aliphatic rings. The number of benzene rings is 1. The van der Waals surface area contributed by atoms with Crippen LogP contribution >= 0.6 is 0 Å². The van der Waals surface area contributed by atoms with Crippen molar-refractivity contribution in [3.8, 4) is 0 Å². The summed E-state index contributed by atoms with van der Waals surface area (Å²) in [4.78, 5) is 0. The maximum Gasteiger partial charge on any atom is 0.0323 e. The molecule has 1 unspecified atom stereocenters. The lowest BCUT2D eigenvalue weighted by Crippen LogP contribution is -2.24. The molecule has 0 amide bonds. The molecular weight excluding hydrogens is 230 g/mol. The van der Waals surface area contributed by atoms with Gasteiger partial charge >= 0.3 is 0 Å². The first kappa shape index (κ1) is 12.9. The fourth-order valence-electron chi connectivity index (χ4n) is 3.32. The summed E-state index contributed by atoms with van der Waals surface area (Å²) in [5, 5.41) is 3.64. The van der Waals surface area contributed by atoms with Gasteiger partial charge in [-0.05, 0) is 59.9 Å². The zero-order valence-electron chi connectivity index (χ0n) is 12.4. The van der Waals surface area contributed by atoms with E-state index >= 15 is 0 Å². The molecule has 1 nitrogen and oxygen atoms in total. The van der Waals surface area contributed by atoms with Crippen molar-refractivity contribution in [2.24, 2.45) is 0 Å². The fourth-order valence-corrected chi connectivity index (χ4v) is 3.32. The molecule has 1 aromatic carbocycles. The van der Waals surface area contributed by atoms with Gasteiger partial charge < -0.3 is 5.32 Å². The highest BCUT2D eigenvalue weighted by Gasteiger charge is 2.24. The Hall–Kier alpha value is -1.08. The molecule has 1 N–H and O–H groups in total. The number of rotatable bonds is 1. The van der Waals surface area contributed by atoms with Gasteiger partial charge in [-0.15, -0.1) is 0 Å². The third-order valence-electron chi connectivity index (χ3n) is 4.50. The van der Waals surface area contributed by atoms with Crippen molar-refractivity contribution >= 4 is 5.57 Å². The van der Waals surface area contributed by atoms with Crippen LogP contribution in [0.2, 0.25) is 0 Å². The molecule has 1 saturated heterocycles. The molecule has 0 saturated carbocycles. The summed E-state index contributed by atoms with van der Waals surface area (Å²) in [6, 6.07) is 7.73. The van der Waals surface area contributed by atoms with Gasteiger partial charge in [-0.25, -0.2) is 0 Å². The van der Waals surface area contributed by atoms with E-state index in [1.54, 1.807) is 11.1 Å². The number of aryl methyl sites for hydroxylation is 1. The molecule has 1 heterocycles. The van der Waals surface area contributed by atoms with Gasteiger partial charge in [0.1, 0.15) is 0 Å². The van der Waals surface area contributed by atoms with Gasteiger partial charge in [-0.2, -0.15) is 0 Å². The van der Waals surface area contributed by atoms with E-state index in [9.17, 15) is 0 Å². The predicted octanol–water partition coefficient (Wildman–Crippen LogP) is 4.07. The van der Waals surface area contributed by atoms with E-state index in [0.29, 0.717) is 6.04 Å². The van der Waals surface area contributed by atoms with Crippen LogP contribution in [-0.2, 0) is 11.8 Å². The van der Waals surface area contributed by atoms with Crippen molar-refractivity contribution in [2.45, 2.75) is 57.9 Å². The maximum atomic E-state index is 3.64. The Morgan fingerprint density at radius 1 is 1.21 bits per heavy atom. The smallest absolute Gasteiger partial charge is 0.0323 e. The second-order valence-corrected chi connectivity index (χ2v) is 6.97. The minimum atomic E-state index is 0.252. The molecule has 19 heavy (non-hydrogen) atoms. The molecule has 102 valence electrons. The van der Waals surface area contributed by atoms with Gasteiger partial charge in [0, 0.05) is 6.04 Å². The Bertz CT molecular complexity index is 499. The third-order valence-corrected chi connectivity index (χ3v) is 4.50. The van der Waals surface area contributed by atoms with Gasteiger partial charge in [0.25, 0.3) is 0 Å². The first-order valence-corrected chi connectivity index (χ1v) is 7.63. The molecule has 1 aliphatic heterocycles. The molecule has 1 heteroatoms.